The van der Waals surface area contributed by atoms with E-state index in [4.69, 9.17) is 9.84 Å². The van der Waals surface area contributed by atoms with E-state index in [2.05, 4.69) is 4.98 Å². The number of aliphatic carboxylic acids is 1. The number of halogens is 3. The first-order valence-electron chi connectivity index (χ1n) is 6.77. The number of carboxylic acids is 1. The quantitative estimate of drug-likeness (QED) is 0.769. The van der Waals surface area contributed by atoms with Gasteiger partial charge in [0.1, 0.15) is 11.6 Å². The molecule has 0 saturated heterocycles. The van der Waals surface area contributed by atoms with Crippen molar-refractivity contribution in [3.8, 4) is 5.88 Å². The molecule has 0 aromatic carbocycles. The topological polar surface area (TPSA) is 109 Å². The summed E-state index contributed by atoms with van der Waals surface area (Å²) < 4.78 is 42.9. The molecule has 1 atom stereocenters. The van der Waals surface area contributed by atoms with Crippen LogP contribution in [0.4, 0.5) is 18.0 Å². The summed E-state index contributed by atoms with van der Waals surface area (Å²) in [7, 11) is 0. The van der Waals surface area contributed by atoms with Gasteiger partial charge in [-0.05, 0) is 26.8 Å². The summed E-state index contributed by atoms with van der Waals surface area (Å²) in [6.07, 6.45) is -5.92. The zero-order valence-electron chi connectivity index (χ0n) is 13.1. The molecule has 1 aromatic rings. The molecule has 0 bridgehead atoms. The number of aromatic nitrogens is 1. The lowest BCUT2D eigenvalue weighted by Gasteiger charge is -2.22. The number of carbonyl (C=O) groups is 2. The molecule has 0 fully saturated rings. The number of ether oxygens (including phenoxy) is 1. The lowest BCUT2D eigenvalue weighted by atomic mass is 10.1. The van der Waals surface area contributed by atoms with Gasteiger partial charge in [0.25, 0.3) is 0 Å². The molecule has 0 spiro atoms. The number of pyridine rings is 1. The Kier molecular flexibility index (Phi) is 5.64. The number of rotatable bonds is 4. The van der Waals surface area contributed by atoms with Gasteiger partial charge in [0.15, 0.2) is 0 Å². The second kappa shape index (κ2) is 6.93. The number of aromatic hydroxyl groups is 1. The van der Waals surface area contributed by atoms with E-state index >= 15 is 0 Å². The second-order valence-corrected chi connectivity index (χ2v) is 5.95. The molecule has 24 heavy (non-hydrogen) atoms. The average molecular weight is 350 g/mol. The van der Waals surface area contributed by atoms with Crippen LogP contribution in [-0.4, -0.2) is 38.9 Å². The Labute approximate surface area is 135 Å². The van der Waals surface area contributed by atoms with E-state index in [1.807, 2.05) is 5.32 Å². The van der Waals surface area contributed by atoms with E-state index < -0.39 is 47.7 Å². The molecule has 0 aliphatic heterocycles. The molecule has 0 saturated carbocycles. The predicted octanol–water partition coefficient (Wildman–Crippen LogP) is 2.33. The zero-order valence-corrected chi connectivity index (χ0v) is 13.1. The molecule has 1 aromatic heterocycles. The minimum atomic E-state index is -4.70. The van der Waals surface area contributed by atoms with Crippen LogP contribution in [0.15, 0.2) is 12.3 Å². The first-order chi connectivity index (χ1) is 10.8. The van der Waals surface area contributed by atoms with Gasteiger partial charge < -0.3 is 20.3 Å². The van der Waals surface area contributed by atoms with Crippen molar-refractivity contribution in [2.24, 2.45) is 0 Å². The van der Waals surface area contributed by atoms with Gasteiger partial charge in [-0.15, -0.1) is 0 Å². The summed E-state index contributed by atoms with van der Waals surface area (Å²) in [5.41, 5.74) is -2.39. The summed E-state index contributed by atoms with van der Waals surface area (Å²) in [4.78, 5) is 26.0. The Bertz CT molecular complexity index is 626. The van der Waals surface area contributed by atoms with Gasteiger partial charge in [-0.2, -0.15) is 13.2 Å². The third-order valence-corrected chi connectivity index (χ3v) is 2.68. The second-order valence-electron chi connectivity index (χ2n) is 5.95. The summed E-state index contributed by atoms with van der Waals surface area (Å²) in [5.74, 6) is -2.25. The minimum absolute atomic E-state index is 0.367. The molecule has 1 unspecified atom stereocenters. The number of nitrogens with one attached hydrogen (secondary N) is 1. The van der Waals surface area contributed by atoms with E-state index in [0.717, 1.165) is 0 Å². The molecule has 7 nitrogen and oxygen atoms in total. The fourth-order valence-electron chi connectivity index (χ4n) is 1.68. The summed E-state index contributed by atoms with van der Waals surface area (Å²) in [6.45, 7) is 4.68. The van der Waals surface area contributed by atoms with Gasteiger partial charge in [-0.25, -0.2) is 14.6 Å². The number of alkyl halides is 3. The van der Waals surface area contributed by atoms with Crippen molar-refractivity contribution in [2.45, 2.75) is 45.0 Å². The van der Waals surface area contributed by atoms with Crippen LogP contribution < -0.4 is 5.32 Å². The summed E-state index contributed by atoms with van der Waals surface area (Å²) in [6, 6.07) is -1.02. The Balaban J connectivity index is 2.97. The van der Waals surface area contributed by atoms with Crippen LogP contribution in [0.5, 0.6) is 5.88 Å². The van der Waals surface area contributed by atoms with E-state index in [-0.39, 0.29) is 5.56 Å². The molecule has 3 N–H and O–H groups in total. The van der Waals surface area contributed by atoms with Gasteiger partial charge in [0.2, 0.25) is 5.88 Å². The third-order valence-electron chi connectivity index (χ3n) is 2.68. The zero-order chi connectivity index (χ0) is 18.7. The smallest absolute Gasteiger partial charge is 0.417 e. The molecule has 0 aliphatic rings. The number of carboxylic acid groups (broad SMARTS) is 1. The highest BCUT2D eigenvalue weighted by Gasteiger charge is 2.33. The maximum absolute atomic E-state index is 12.7. The van der Waals surface area contributed by atoms with Crippen LogP contribution >= 0.6 is 0 Å². The largest absolute Gasteiger partial charge is 0.493 e. The Morgan fingerprint density at radius 3 is 2.38 bits per heavy atom. The molecule has 10 heteroatoms. The lowest BCUT2D eigenvalue weighted by Crippen LogP contribution is -2.44. The summed E-state index contributed by atoms with van der Waals surface area (Å²) in [5, 5.41) is 20.7. The van der Waals surface area contributed by atoms with Crippen molar-refractivity contribution in [3.63, 3.8) is 0 Å². The molecule has 1 rings (SSSR count). The molecule has 1 heterocycles. The number of amides is 1. The third kappa shape index (κ3) is 5.94. The first kappa shape index (κ1) is 19.5. The van der Waals surface area contributed by atoms with Crippen LogP contribution in [0.3, 0.4) is 0 Å². The Morgan fingerprint density at radius 2 is 1.92 bits per heavy atom. The molecular weight excluding hydrogens is 333 g/mol. The summed E-state index contributed by atoms with van der Waals surface area (Å²) >= 11 is 0. The highest BCUT2D eigenvalue weighted by atomic mass is 19.4. The van der Waals surface area contributed by atoms with Crippen LogP contribution in [-0.2, 0) is 22.1 Å². The predicted molar refractivity (Wildman–Crippen MR) is 75.4 cm³/mol. The van der Waals surface area contributed by atoms with E-state index in [0.29, 0.717) is 12.3 Å². The van der Waals surface area contributed by atoms with Crippen LogP contribution in [0.2, 0.25) is 0 Å². The van der Waals surface area contributed by atoms with Crippen LogP contribution in [0.1, 0.15) is 31.9 Å². The number of hydrogen-bond donors (Lipinski definition) is 3. The van der Waals surface area contributed by atoms with Gasteiger partial charge in [-0.1, -0.05) is 0 Å². The fraction of sp³-hybridized carbons (Fsp3) is 0.500. The fourth-order valence-corrected chi connectivity index (χ4v) is 1.68. The van der Waals surface area contributed by atoms with E-state index in [9.17, 15) is 27.9 Å². The maximum atomic E-state index is 12.7. The van der Waals surface area contributed by atoms with Crippen molar-refractivity contribution in [3.05, 3.63) is 23.4 Å². The Hall–Kier alpha value is -2.52. The van der Waals surface area contributed by atoms with Gasteiger partial charge in [0.05, 0.1) is 5.56 Å². The van der Waals surface area contributed by atoms with Crippen molar-refractivity contribution < 1.29 is 37.7 Å². The Morgan fingerprint density at radius 1 is 1.33 bits per heavy atom. The lowest BCUT2D eigenvalue weighted by molar-refractivity contribution is -0.139. The molecule has 134 valence electrons. The molecule has 1 amide bonds. The average Bonchev–Trinajstić information content (AvgIpc) is 2.36. The van der Waals surface area contributed by atoms with Crippen molar-refractivity contribution in [2.75, 3.05) is 0 Å². The SMILES string of the molecule is CC(C)(C)OC(=O)NC(Cc1cc(C(F)(F)F)cnc1O)C(=O)O. The van der Waals surface area contributed by atoms with Gasteiger partial charge in [0, 0.05) is 18.2 Å². The minimum Gasteiger partial charge on any atom is -0.493 e. The van der Waals surface area contributed by atoms with Crippen molar-refractivity contribution in [1.82, 2.24) is 10.3 Å². The molecule has 0 radical (unpaired) electrons. The van der Waals surface area contributed by atoms with Crippen LogP contribution in [0.25, 0.3) is 0 Å². The standard InChI is InChI=1S/C14H17F3N2O5/c1-13(2,3)24-12(23)19-9(11(21)22)5-7-4-8(14(15,16)17)6-18-10(7)20/h4,6,9H,5H2,1-3H3,(H,18,20)(H,19,23)(H,21,22). The normalized spacial score (nSPS) is 13.2. The van der Waals surface area contributed by atoms with Gasteiger partial charge >= 0.3 is 18.2 Å². The van der Waals surface area contributed by atoms with Crippen LogP contribution in [0, 0.1) is 0 Å². The van der Waals surface area contributed by atoms with Crippen molar-refractivity contribution in [1.29, 1.82) is 0 Å². The highest BCUT2D eigenvalue weighted by molar-refractivity contribution is 5.80. The number of hydrogen-bond acceptors (Lipinski definition) is 5. The maximum Gasteiger partial charge on any atom is 0.417 e. The van der Waals surface area contributed by atoms with Gasteiger partial charge in [-0.3, -0.25) is 0 Å². The molecular formula is C14H17F3N2O5. The highest BCUT2D eigenvalue weighted by Crippen LogP contribution is 2.31. The number of nitrogens with zero attached hydrogens (tertiary/aromatic N) is 1. The molecule has 0 aliphatic carbocycles. The first-order valence-corrected chi connectivity index (χ1v) is 6.77. The number of carbonyl (C=O) groups excluding carboxylic acids is 1. The monoisotopic (exact) mass is 350 g/mol. The van der Waals surface area contributed by atoms with E-state index in [1.54, 1.807) is 20.8 Å². The van der Waals surface area contributed by atoms with E-state index in [1.165, 1.54) is 0 Å². The number of alkyl carbamates (subject to hydrolysis) is 1. The van der Waals surface area contributed by atoms with Crippen molar-refractivity contribution >= 4 is 12.1 Å².